The Morgan fingerprint density at radius 2 is 1.78 bits per heavy atom. The molecular weight excluding hydrogens is 218 g/mol. The maximum Gasteiger partial charge on any atom is -0.00439 e. The first-order valence-electron chi connectivity index (χ1n) is 7.21. The lowest BCUT2D eigenvalue weighted by atomic mass is 9.83. The third kappa shape index (κ3) is 5.22. The second-order valence-corrected chi connectivity index (χ2v) is 6.19. The molecule has 0 saturated heterocycles. The summed E-state index contributed by atoms with van der Waals surface area (Å²) in [7, 11) is 0. The van der Waals surface area contributed by atoms with Crippen LogP contribution < -0.4 is 5.32 Å². The molecule has 1 nitrogen and oxygen atoms in total. The molecule has 1 aromatic carbocycles. The van der Waals surface area contributed by atoms with E-state index in [-0.39, 0.29) is 0 Å². The van der Waals surface area contributed by atoms with E-state index in [0.717, 1.165) is 13.1 Å². The van der Waals surface area contributed by atoms with Gasteiger partial charge in [0.05, 0.1) is 0 Å². The molecule has 0 fully saturated rings. The van der Waals surface area contributed by atoms with Gasteiger partial charge in [0.25, 0.3) is 0 Å². The van der Waals surface area contributed by atoms with Gasteiger partial charge in [0.1, 0.15) is 0 Å². The number of benzene rings is 1. The molecule has 1 aromatic rings. The maximum atomic E-state index is 3.42. The molecule has 1 heteroatoms. The SMILES string of the molecule is CCNCCC(C)(C)CCc1ccc(C)c(C)c1. The average Bonchev–Trinajstić information content (AvgIpc) is 2.31. The molecule has 0 saturated carbocycles. The molecule has 0 aromatic heterocycles. The smallest absolute Gasteiger partial charge is 0.00439 e. The van der Waals surface area contributed by atoms with Crippen LogP contribution in [0.15, 0.2) is 18.2 Å². The summed E-state index contributed by atoms with van der Waals surface area (Å²) in [6, 6.07) is 6.87. The van der Waals surface area contributed by atoms with Crippen LogP contribution in [0.3, 0.4) is 0 Å². The third-order valence-corrected chi connectivity index (χ3v) is 3.89. The van der Waals surface area contributed by atoms with Gasteiger partial charge in [-0.2, -0.15) is 0 Å². The molecule has 0 atom stereocenters. The Morgan fingerprint density at radius 3 is 2.39 bits per heavy atom. The van der Waals surface area contributed by atoms with Crippen molar-refractivity contribution in [1.82, 2.24) is 5.32 Å². The lowest BCUT2D eigenvalue weighted by Crippen LogP contribution is -2.22. The molecule has 0 bridgehead atoms. The van der Waals surface area contributed by atoms with Crippen molar-refractivity contribution in [1.29, 1.82) is 0 Å². The van der Waals surface area contributed by atoms with Crippen LogP contribution >= 0.6 is 0 Å². The van der Waals surface area contributed by atoms with Crippen molar-refractivity contribution in [2.75, 3.05) is 13.1 Å². The Morgan fingerprint density at radius 1 is 1.06 bits per heavy atom. The van der Waals surface area contributed by atoms with Crippen molar-refractivity contribution in [2.45, 2.75) is 53.9 Å². The lowest BCUT2D eigenvalue weighted by molar-refractivity contribution is 0.303. The topological polar surface area (TPSA) is 12.0 Å². The minimum Gasteiger partial charge on any atom is -0.317 e. The quantitative estimate of drug-likeness (QED) is 0.710. The third-order valence-electron chi connectivity index (χ3n) is 3.89. The number of nitrogens with one attached hydrogen (secondary N) is 1. The zero-order chi connectivity index (χ0) is 13.6. The second-order valence-electron chi connectivity index (χ2n) is 6.19. The maximum absolute atomic E-state index is 3.42. The van der Waals surface area contributed by atoms with E-state index in [1.165, 1.54) is 36.0 Å². The second kappa shape index (κ2) is 6.94. The molecule has 0 aliphatic rings. The normalized spacial score (nSPS) is 11.8. The van der Waals surface area contributed by atoms with Crippen LogP contribution in [0.2, 0.25) is 0 Å². The molecule has 0 aliphatic carbocycles. The summed E-state index contributed by atoms with van der Waals surface area (Å²) in [5, 5.41) is 3.42. The van der Waals surface area contributed by atoms with E-state index in [2.05, 4.69) is 58.1 Å². The van der Waals surface area contributed by atoms with Crippen molar-refractivity contribution in [3.8, 4) is 0 Å². The largest absolute Gasteiger partial charge is 0.317 e. The molecule has 0 aliphatic heterocycles. The van der Waals surface area contributed by atoms with Gasteiger partial charge in [-0.15, -0.1) is 0 Å². The fraction of sp³-hybridized carbons (Fsp3) is 0.647. The fourth-order valence-electron chi connectivity index (χ4n) is 2.17. The van der Waals surface area contributed by atoms with Gasteiger partial charge in [-0.05, 0) is 68.3 Å². The van der Waals surface area contributed by atoms with Crippen LogP contribution in [-0.4, -0.2) is 13.1 Å². The van der Waals surface area contributed by atoms with Gasteiger partial charge >= 0.3 is 0 Å². The van der Waals surface area contributed by atoms with E-state index in [1.54, 1.807) is 0 Å². The van der Waals surface area contributed by atoms with Gasteiger partial charge in [0, 0.05) is 0 Å². The van der Waals surface area contributed by atoms with Crippen LogP contribution in [-0.2, 0) is 6.42 Å². The van der Waals surface area contributed by atoms with E-state index in [1.807, 2.05) is 0 Å². The molecule has 0 unspecified atom stereocenters. The van der Waals surface area contributed by atoms with Crippen LogP contribution in [0.4, 0.5) is 0 Å². The Balaban J connectivity index is 2.45. The van der Waals surface area contributed by atoms with Crippen molar-refractivity contribution in [3.63, 3.8) is 0 Å². The minimum atomic E-state index is 0.432. The molecule has 1 N–H and O–H groups in total. The summed E-state index contributed by atoms with van der Waals surface area (Å²) in [4.78, 5) is 0. The predicted molar refractivity (Wildman–Crippen MR) is 81.2 cm³/mol. The minimum absolute atomic E-state index is 0.432. The summed E-state index contributed by atoms with van der Waals surface area (Å²) in [5.41, 5.74) is 4.72. The average molecular weight is 247 g/mol. The first-order valence-corrected chi connectivity index (χ1v) is 7.21. The summed E-state index contributed by atoms with van der Waals surface area (Å²) in [5.74, 6) is 0. The monoisotopic (exact) mass is 247 g/mol. The standard InChI is InChI=1S/C17H29N/c1-6-18-12-11-17(4,5)10-9-16-8-7-14(2)15(3)13-16/h7-8,13,18H,6,9-12H2,1-5H3. The Kier molecular flexibility index (Phi) is 5.87. The van der Waals surface area contributed by atoms with Crippen molar-refractivity contribution in [3.05, 3.63) is 34.9 Å². The first-order chi connectivity index (χ1) is 8.44. The van der Waals surface area contributed by atoms with E-state index in [9.17, 15) is 0 Å². The highest BCUT2D eigenvalue weighted by Crippen LogP contribution is 2.26. The predicted octanol–water partition coefficient (Wildman–Crippen LogP) is 4.26. The molecule has 102 valence electrons. The van der Waals surface area contributed by atoms with Crippen LogP contribution in [0, 0.1) is 19.3 Å². The molecule has 0 spiro atoms. The lowest BCUT2D eigenvalue weighted by Gasteiger charge is -2.25. The van der Waals surface area contributed by atoms with Gasteiger partial charge in [-0.3, -0.25) is 0 Å². The molecule has 1 rings (SSSR count). The van der Waals surface area contributed by atoms with Gasteiger partial charge in [0.2, 0.25) is 0 Å². The Labute approximate surface area is 113 Å². The Hall–Kier alpha value is -0.820. The molecule has 18 heavy (non-hydrogen) atoms. The summed E-state index contributed by atoms with van der Waals surface area (Å²) in [6.07, 6.45) is 3.72. The highest BCUT2D eigenvalue weighted by atomic mass is 14.8. The van der Waals surface area contributed by atoms with E-state index < -0.39 is 0 Å². The molecular formula is C17H29N. The number of hydrogen-bond acceptors (Lipinski definition) is 1. The molecule has 0 radical (unpaired) electrons. The highest BCUT2D eigenvalue weighted by molar-refractivity contribution is 5.29. The van der Waals surface area contributed by atoms with Crippen molar-refractivity contribution >= 4 is 0 Å². The highest BCUT2D eigenvalue weighted by Gasteiger charge is 2.17. The van der Waals surface area contributed by atoms with Gasteiger partial charge in [-0.1, -0.05) is 39.0 Å². The zero-order valence-corrected chi connectivity index (χ0v) is 12.8. The Bertz CT molecular complexity index is 366. The van der Waals surface area contributed by atoms with Crippen LogP contribution in [0.5, 0.6) is 0 Å². The van der Waals surface area contributed by atoms with Crippen LogP contribution in [0.1, 0.15) is 50.3 Å². The molecule has 0 amide bonds. The zero-order valence-electron chi connectivity index (χ0n) is 12.8. The van der Waals surface area contributed by atoms with Crippen molar-refractivity contribution < 1.29 is 0 Å². The molecule has 0 heterocycles. The van der Waals surface area contributed by atoms with Crippen molar-refractivity contribution in [2.24, 2.45) is 5.41 Å². The van der Waals surface area contributed by atoms with E-state index >= 15 is 0 Å². The van der Waals surface area contributed by atoms with Crippen LogP contribution in [0.25, 0.3) is 0 Å². The van der Waals surface area contributed by atoms with E-state index in [0.29, 0.717) is 5.41 Å². The van der Waals surface area contributed by atoms with Gasteiger partial charge < -0.3 is 5.32 Å². The summed E-state index contributed by atoms with van der Waals surface area (Å²) >= 11 is 0. The summed E-state index contributed by atoms with van der Waals surface area (Å²) < 4.78 is 0. The fourth-order valence-corrected chi connectivity index (χ4v) is 2.17. The van der Waals surface area contributed by atoms with Gasteiger partial charge in [-0.25, -0.2) is 0 Å². The van der Waals surface area contributed by atoms with E-state index in [4.69, 9.17) is 0 Å². The number of hydrogen-bond donors (Lipinski definition) is 1. The first kappa shape index (κ1) is 15.2. The number of rotatable bonds is 7. The van der Waals surface area contributed by atoms with Gasteiger partial charge in [0.15, 0.2) is 0 Å². The summed E-state index contributed by atoms with van der Waals surface area (Å²) in [6.45, 7) is 13.5. The number of aryl methyl sites for hydroxylation is 3.